The number of ether oxygens (including phenoxy) is 2. The lowest BCUT2D eigenvalue weighted by Crippen LogP contribution is -2.02. The quantitative estimate of drug-likeness (QED) is 0.931. The first kappa shape index (κ1) is 13.9. The van der Waals surface area contributed by atoms with Crippen molar-refractivity contribution in [3.63, 3.8) is 0 Å². The molecule has 0 saturated heterocycles. The van der Waals surface area contributed by atoms with E-state index in [2.05, 4.69) is 0 Å². The summed E-state index contributed by atoms with van der Waals surface area (Å²) in [6.45, 7) is 0. The van der Waals surface area contributed by atoms with E-state index in [1.165, 1.54) is 38.5 Å². The highest BCUT2D eigenvalue weighted by atomic mass is 19.1. The topological polar surface area (TPSA) is 55.8 Å². The van der Waals surface area contributed by atoms with Gasteiger partial charge in [-0.2, -0.15) is 0 Å². The fraction of sp³-hybridized carbons (Fsp3) is 0.133. The summed E-state index contributed by atoms with van der Waals surface area (Å²) in [5.74, 6) is -1.28. The third-order valence-corrected chi connectivity index (χ3v) is 2.93. The molecule has 5 heteroatoms. The molecule has 0 spiro atoms. The highest BCUT2D eigenvalue weighted by molar-refractivity contribution is 5.96. The van der Waals surface area contributed by atoms with Crippen LogP contribution in [-0.4, -0.2) is 25.3 Å². The minimum Gasteiger partial charge on any atom is -0.497 e. The number of carboxylic acid groups (broad SMARTS) is 1. The summed E-state index contributed by atoms with van der Waals surface area (Å²) in [7, 11) is 2.79. The molecule has 2 rings (SSSR count). The molecule has 0 atom stereocenters. The fourth-order valence-electron chi connectivity index (χ4n) is 1.94. The molecular weight excluding hydrogens is 263 g/mol. The summed E-state index contributed by atoms with van der Waals surface area (Å²) in [6, 6.07) is 9.04. The average molecular weight is 276 g/mol. The Kier molecular flexibility index (Phi) is 3.89. The Hall–Kier alpha value is -2.56. The van der Waals surface area contributed by atoms with Crippen LogP contribution in [-0.2, 0) is 0 Å². The van der Waals surface area contributed by atoms with Crippen LogP contribution >= 0.6 is 0 Å². The first-order valence-corrected chi connectivity index (χ1v) is 5.82. The largest absolute Gasteiger partial charge is 0.497 e. The number of benzene rings is 2. The smallest absolute Gasteiger partial charge is 0.336 e. The van der Waals surface area contributed by atoms with Gasteiger partial charge in [-0.1, -0.05) is 12.1 Å². The van der Waals surface area contributed by atoms with E-state index in [0.717, 1.165) is 0 Å². The van der Waals surface area contributed by atoms with Crippen LogP contribution in [0.15, 0.2) is 36.4 Å². The summed E-state index contributed by atoms with van der Waals surface area (Å²) in [5.41, 5.74) is 0.413. The first-order chi connectivity index (χ1) is 9.58. The molecule has 4 nitrogen and oxygen atoms in total. The minimum atomic E-state index is -1.15. The maximum atomic E-state index is 14.2. The molecule has 0 aromatic heterocycles. The van der Waals surface area contributed by atoms with Crippen LogP contribution in [0.3, 0.4) is 0 Å². The SMILES string of the molecule is COc1ccc(-c2cccc(OC)c2F)c(C(=O)O)c1. The van der Waals surface area contributed by atoms with Gasteiger partial charge in [0.05, 0.1) is 19.8 Å². The molecule has 20 heavy (non-hydrogen) atoms. The Morgan fingerprint density at radius 1 is 1.10 bits per heavy atom. The Balaban J connectivity index is 2.66. The summed E-state index contributed by atoms with van der Waals surface area (Å²) >= 11 is 0. The lowest BCUT2D eigenvalue weighted by atomic mass is 9.98. The molecule has 0 unspecified atom stereocenters. The van der Waals surface area contributed by atoms with E-state index < -0.39 is 11.8 Å². The molecule has 0 fully saturated rings. The van der Waals surface area contributed by atoms with Gasteiger partial charge in [-0.25, -0.2) is 9.18 Å². The second-order valence-corrected chi connectivity index (χ2v) is 4.04. The van der Waals surface area contributed by atoms with Crippen molar-refractivity contribution in [3.05, 3.63) is 47.8 Å². The second kappa shape index (κ2) is 5.61. The normalized spacial score (nSPS) is 10.2. The minimum absolute atomic E-state index is 0.0310. The highest BCUT2D eigenvalue weighted by Crippen LogP contribution is 2.33. The molecule has 2 aromatic rings. The summed E-state index contributed by atoms with van der Waals surface area (Å²) in [6.07, 6.45) is 0. The van der Waals surface area contributed by atoms with Gasteiger partial charge in [-0.05, 0) is 29.8 Å². The van der Waals surface area contributed by atoms with Gasteiger partial charge in [0.1, 0.15) is 5.75 Å². The predicted molar refractivity (Wildman–Crippen MR) is 71.9 cm³/mol. The van der Waals surface area contributed by atoms with Gasteiger partial charge in [0.25, 0.3) is 0 Å². The maximum absolute atomic E-state index is 14.2. The van der Waals surface area contributed by atoms with Crippen LogP contribution in [0.2, 0.25) is 0 Å². The van der Waals surface area contributed by atoms with E-state index in [4.69, 9.17) is 9.47 Å². The summed E-state index contributed by atoms with van der Waals surface area (Å²) in [5, 5.41) is 9.26. The molecule has 2 aromatic carbocycles. The number of hydrogen-bond donors (Lipinski definition) is 1. The van der Waals surface area contributed by atoms with Crippen molar-refractivity contribution in [3.8, 4) is 22.6 Å². The van der Waals surface area contributed by atoms with Crippen molar-refractivity contribution in [1.29, 1.82) is 0 Å². The van der Waals surface area contributed by atoms with Gasteiger partial charge in [0.15, 0.2) is 11.6 Å². The second-order valence-electron chi connectivity index (χ2n) is 4.04. The molecule has 0 amide bonds. The van der Waals surface area contributed by atoms with Crippen molar-refractivity contribution in [2.45, 2.75) is 0 Å². The van der Waals surface area contributed by atoms with E-state index >= 15 is 0 Å². The third-order valence-electron chi connectivity index (χ3n) is 2.93. The number of rotatable bonds is 4. The zero-order valence-electron chi connectivity index (χ0n) is 11.0. The van der Waals surface area contributed by atoms with Crippen LogP contribution in [0, 0.1) is 5.82 Å². The van der Waals surface area contributed by atoms with Gasteiger partial charge in [-0.15, -0.1) is 0 Å². The summed E-state index contributed by atoms with van der Waals surface area (Å²) in [4.78, 5) is 11.3. The number of halogens is 1. The lowest BCUT2D eigenvalue weighted by Gasteiger charge is -2.11. The molecule has 104 valence electrons. The van der Waals surface area contributed by atoms with E-state index in [1.807, 2.05) is 0 Å². The van der Waals surface area contributed by atoms with E-state index in [0.29, 0.717) is 5.75 Å². The number of aromatic carboxylic acids is 1. The van der Waals surface area contributed by atoms with Gasteiger partial charge in [0, 0.05) is 5.56 Å². The van der Waals surface area contributed by atoms with Crippen LogP contribution in [0.25, 0.3) is 11.1 Å². The monoisotopic (exact) mass is 276 g/mol. The summed E-state index contributed by atoms with van der Waals surface area (Å²) < 4.78 is 24.1. The van der Waals surface area contributed by atoms with Crippen molar-refractivity contribution in [2.75, 3.05) is 14.2 Å². The molecule has 0 heterocycles. The van der Waals surface area contributed by atoms with Crippen molar-refractivity contribution < 1.29 is 23.8 Å². The molecule has 0 bridgehead atoms. The predicted octanol–water partition coefficient (Wildman–Crippen LogP) is 3.21. The molecule has 0 aliphatic rings. The van der Waals surface area contributed by atoms with Crippen LogP contribution < -0.4 is 9.47 Å². The average Bonchev–Trinajstić information content (AvgIpc) is 2.47. The fourth-order valence-corrected chi connectivity index (χ4v) is 1.94. The standard InChI is InChI=1S/C15H13FO4/c1-19-9-6-7-10(12(8-9)15(17)18)11-4-3-5-13(20-2)14(11)16/h3-8H,1-2H3,(H,17,18). The van der Waals surface area contributed by atoms with Crippen LogP contribution in [0.4, 0.5) is 4.39 Å². The Bertz CT molecular complexity index is 652. The van der Waals surface area contributed by atoms with Crippen LogP contribution in [0.5, 0.6) is 11.5 Å². The Labute approximate surface area is 115 Å². The van der Waals surface area contributed by atoms with E-state index in [-0.39, 0.29) is 22.4 Å². The molecular formula is C15H13FO4. The van der Waals surface area contributed by atoms with E-state index in [9.17, 15) is 14.3 Å². The van der Waals surface area contributed by atoms with Crippen molar-refractivity contribution >= 4 is 5.97 Å². The zero-order valence-corrected chi connectivity index (χ0v) is 11.0. The highest BCUT2D eigenvalue weighted by Gasteiger charge is 2.17. The number of carboxylic acids is 1. The molecule has 0 aliphatic heterocycles. The lowest BCUT2D eigenvalue weighted by molar-refractivity contribution is 0.0697. The molecule has 0 radical (unpaired) electrons. The zero-order chi connectivity index (χ0) is 14.7. The van der Waals surface area contributed by atoms with Crippen molar-refractivity contribution in [1.82, 2.24) is 0 Å². The molecule has 0 aliphatic carbocycles. The molecule has 1 N–H and O–H groups in total. The third kappa shape index (κ3) is 2.42. The van der Waals surface area contributed by atoms with Gasteiger partial charge < -0.3 is 14.6 Å². The van der Waals surface area contributed by atoms with Gasteiger partial charge >= 0.3 is 5.97 Å². The molecule has 0 saturated carbocycles. The van der Waals surface area contributed by atoms with Gasteiger partial charge in [0.2, 0.25) is 0 Å². The number of carbonyl (C=O) groups is 1. The Morgan fingerprint density at radius 3 is 2.45 bits per heavy atom. The number of hydrogen-bond acceptors (Lipinski definition) is 3. The first-order valence-electron chi connectivity index (χ1n) is 5.82. The Morgan fingerprint density at radius 2 is 1.85 bits per heavy atom. The van der Waals surface area contributed by atoms with Gasteiger partial charge in [-0.3, -0.25) is 0 Å². The van der Waals surface area contributed by atoms with E-state index in [1.54, 1.807) is 12.1 Å². The van der Waals surface area contributed by atoms with Crippen LogP contribution in [0.1, 0.15) is 10.4 Å². The maximum Gasteiger partial charge on any atom is 0.336 e. The number of methoxy groups -OCH3 is 2. The van der Waals surface area contributed by atoms with Crippen molar-refractivity contribution in [2.24, 2.45) is 0 Å².